The Hall–Kier alpha value is -5.54. The van der Waals surface area contributed by atoms with Gasteiger partial charge in [0.05, 0.1) is 19.2 Å². The number of rotatable bonds is 17. The van der Waals surface area contributed by atoms with Crippen LogP contribution in [0.2, 0.25) is 0 Å². The third-order valence-electron chi connectivity index (χ3n) is 10.2. The van der Waals surface area contributed by atoms with Gasteiger partial charge in [-0.2, -0.15) is 10.2 Å². The fraction of sp³-hybridized carbons (Fsp3) is 0.400. The van der Waals surface area contributed by atoms with Gasteiger partial charge < -0.3 is 30.1 Å². The summed E-state index contributed by atoms with van der Waals surface area (Å²) in [5.41, 5.74) is 8.94. The quantitative estimate of drug-likeness (QED) is 0.142. The molecule has 3 aromatic carbocycles. The van der Waals surface area contributed by atoms with Crippen molar-refractivity contribution in [3.8, 4) is 5.75 Å². The number of piperazine rings is 1. The maximum absolute atomic E-state index is 14.8. The summed E-state index contributed by atoms with van der Waals surface area (Å²) >= 11 is 0. The van der Waals surface area contributed by atoms with Crippen LogP contribution >= 0.6 is 0 Å². The van der Waals surface area contributed by atoms with Crippen LogP contribution in [0, 0.1) is 17.6 Å². The summed E-state index contributed by atoms with van der Waals surface area (Å²) < 4.78 is 41.6. The van der Waals surface area contributed by atoms with Gasteiger partial charge in [0.15, 0.2) is 0 Å². The Balaban J connectivity index is 0.987. The lowest BCUT2D eigenvalue weighted by Crippen LogP contribution is -2.46. The van der Waals surface area contributed by atoms with Gasteiger partial charge in [0.1, 0.15) is 48.3 Å². The maximum Gasteiger partial charge on any atom is 0.320 e. The van der Waals surface area contributed by atoms with Gasteiger partial charge in [0.25, 0.3) is 0 Å². The second kappa shape index (κ2) is 18.2. The number of anilines is 3. The molecule has 292 valence electrons. The summed E-state index contributed by atoms with van der Waals surface area (Å²) in [5.74, 6) is -1.05. The fourth-order valence-corrected chi connectivity index (χ4v) is 7.18. The van der Waals surface area contributed by atoms with Crippen LogP contribution in [0.1, 0.15) is 38.2 Å². The number of aromatic nitrogens is 3. The number of aliphatic hydroxyl groups is 1. The number of nitrogens with two attached hydrogens (primary N) is 1. The van der Waals surface area contributed by atoms with Crippen molar-refractivity contribution in [2.24, 2.45) is 16.8 Å². The topological polar surface area (TPSA) is 138 Å². The first-order valence-electron chi connectivity index (χ1n) is 18.6. The Morgan fingerprint density at radius 2 is 1.64 bits per heavy atom. The van der Waals surface area contributed by atoms with Crippen molar-refractivity contribution in [2.75, 3.05) is 60.6 Å². The van der Waals surface area contributed by atoms with Crippen molar-refractivity contribution in [1.82, 2.24) is 19.8 Å². The van der Waals surface area contributed by atoms with E-state index in [9.17, 15) is 18.7 Å². The predicted octanol–water partition coefficient (Wildman–Crippen LogP) is 4.95. The number of halogens is 2. The molecule has 2 aliphatic rings. The SMILES string of the molecule is C=C1N(c2ccc(N3CCN(c4ccc(OC[C@H](CO)CC(Cn5cncn5)c5ccc(F)cc5F)cc4)CC3)cc2)C=NN1[C@@H](CC)[C@H](C)OC(=O)CN. The van der Waals surface area contributed by atoms with Crippen molar-refractivity contribution in [2.45, 2.75) is 51.3 Å². The van der Waals surface area contributed by atoms with E-state index in [0.717, 1.165) is 49.3 Å². The van der Waals surface area contributed by atoms with Crippen LogP contribution in [0.25, 0.3) is 0 Å². The highest BCUT2D eigenvalue weighted by Crippen LogP contribution is 2.32. The molecule has 1 saturated heterocycles. The van der Waals surface area contributed by atoms with Crippen LogP contribution in [0.5, 0.6) is 5.75 Å². The van der Waals surface area contributed by atoms with Crippen molar-refractivity contribution in [3.63, 3.8) is 0 Å². The summed E-state index contributed by atoms with van der Waals surface area (Å²) in [4.78, 5) is 22.4. The van der Waals surface area contributed by atoms with E-state index >= 15 is 0 Å². The lowest BCUT2D eigenvalue weighted by molar-refractivity contribution is -0.149. The molecule has 55 heavy (non-hydrogen) atoms. The lowest BCUT2D eigenvalue weighted by Gasteiger charge is -2.37. The standard InChI is InChI=1S/C40H49F2N9O4/c1-4-39(28(2)55-40(53)21-43)51-29(3)50(27-46-51)35-8-6-33(7-9-35)47-15-17-48(18-16-47)34-10-12-36(13-11-34)54-24-30(23-52)19-31(22-49-26-44-25-45-49)37-14-5-32(41)20-38(37)42/h5-14,20,25-28,30-31,39,52H,3-4,15-19,21-24,43H2,1-2H3/t28-,30-,31?,39-/m0/s1. The number of esters is 1. The molecule has 6 rings (SSSR count). The van der Waals surface area contributed by atoms with Gasteiger partial charge in [-0.1, -0.05) is 19.6 Å². The molecule has 1 fully saturated rings. The lowest BCUT2D eigenvalue weighted by atomic mass is 9.88. The molecular weight excluding hydrogens is 708 g/mol. The van der Waals surface area contributed by atoms with Gasteiger partial charge in [-0.05, 0) is 79.9 Å². The zero-order chi connectivity index (χ0) is 38.9. The number of aliphatic hydroxyl groups excluding tert-OH is 1. The van der Waals surface area contributed by atoms with E-state index in [1.807, 2.05) is 43.0 Å². The summed E-state index contributed by atoms with van der Waals surface area (Å²) in [6.45, 7) is 11.7. The van der Waals surface area contributed by atoms with Gasteiger partial charge >= 0.3 is 5.97 Å². The smallest absolute Gasteiger partial charge is 0.320 e. The van der Waals surface area contributed by atoms with Crippen LogP contribution in [-0.4, -0.2) is 95.3 Å². The largest absolute Gasteiger partial charge is 0.493 e. The second-order valence-electron chi connectivity index (χ2n) is 13.8. The normalized spacial score (nSPS) is 16.7. The molecule has 0 bridgehead atoms. The number of nitrogens with zero attached hydrogens (tertiary/aromatic N) is 8. The fourth-order valence-electron chi connectivity index (χ4n) is 7.18. The minimum absolute atomic E-state index is 0.156. The molecule has 0 radical (unpaired) electrons. The Labute approximate surface area is 320 Å². The summed E-state index contributed by atoms with van der Waals surface area (Å²) in [6, 6.07) is 19.6. The molecule has 13 nitrogen and oxygen atoms in total. The summed E-state index contributed by atoms with van der Waals surface area (Å²) in [5, 5.41) is 20.7. The first-order chi connectivity index (χ1) is 26.7. The van der Waals surface area contributed by atoms with E-state index in [0.29, 0.717) is 36.5 Å². The van der Waals surface area contributed by atoms with Gasteiger partial charge in [-0.15, -0.1) is 0 Å². The van der Waals surface area contributed by atoms with Crippen LogP contribution < -0.4 is 25.2 Å². The Morgan fingerprint density at radius 1 is 0.982 bits per heavy atom. The number of hydrazone groups is 1. The van der Waals surface area contributed by atoms with Crippen LogP contribution in [-0.2, 0) is 16.1 Å². The summed E-state index contributed by atoms with van der Waals surface area (Å²) in [6.07, 6.45) is 5.39. The van der Waals surface area contributed by atoms with Crippen molar-refractivity contribution in [1.29, 1.82) is 0 Å². The third kappa shape index (κ3) is 9.59. The molecule has 2 aliphatic heterocycles. The molecule has 3 N–H and O–H groups in total. The van der Waals surface area contributed by atoms with Crippen molar-refractivity contribution >= 4 is 29.4 Å². The van der Waals surface area contributed by atoms with Gasteiger partial charge in [0.2, 0.25) is 0 Å². The molecule has 4 atom stereocenters. The molecule has 0 amide bonds. The highest BCUT2D eigenvalue weighted by atomic mass is 19.1. The van der Waals surface area contributed by atoms with E-state index in [1.54, 1.807) is 22.4 Å². The first kappa shape index (κ1) is 39.2. The summed E-state index contributed by atoms with van der Waals surface area (Å²) in [7, 11) is 0. The first-order valence-corrected chi connectivity index (χ1v) is 18.6. The monoisotopic (exact) mass is 757 g/mol. The number of hydrogen-bond acceptors (Lipinski definition) is 12. The van der Waals surface area contributed by atoms with Crippen LogP contribution in [0.4, 0.5) is 25.8 Å². The molecule has 1 aromatic heterocycles. The number of carbonyl (C=O) groups is 1. The Bertz CT molecular complexity index is 1890. The molecule has 1 unspecified atom stereocenters. The number of hydrogen-bond donors (Lipinski definition) is 2. The maximum atomic E-state index is 14.8. The minimum Gasteiger partial charge on any atom is -0.493 e. The van der Waals surface area contributed by atoms with E-state index in [-0.39, 0.29) is 37.6 Å². The highest BCUT2D eigenvalue weighted by molar-refractivity contribution is 5.85. The Kier molecular flexibility index (Phi) is 13.0. The zero-order valence-corrected chi connectivity index (χ0v) is 31.3. The molecule has 3 heterocycles. The van der Waals surface area contributed by atoms with Crippen LogP contribution in [0.3, 0.4) is 0 Å². The highest BCUT2D eigenvalue weighted by Gasteiger charge is 2.32. The van der Waals surface area contributed by atoms with E-state index < -0.39 is 23.7 Å². The van der Waals surface area contributed by atoms with Crippen LogP contribution in [0.15, 0.2) is 96.9 Å². The molecule has 0 spiro atoms. The average molecular weight is 758 g/mol. The Morgan fingerprint density at radius 3 is 2.22 bits per heavy atom. The zero-order valence-electron chi connectivity index (χ0n) is 31.3. The van der Waals surface area contributed by atoms with E-state index in [4.69, 9.17) is 15.2 Å². The average Bonchev–Trinajstić information content (AvgIpc) is 3.86. The van der Waals surface area contributed by atoms with Gasteiger partial charge in [-0.25, -0.2) is 18.8 Å². The third-order valence-corrected chi connectivity index (χ3v) is 10.2. The molecule has 0 aliphatic carbocycles. The van der Waals surface area contributed by atoms with Crippen molar-refractivity contribution < 1.29 is 28.2 Å². The number of carbonyl (C=O) groups excluding carboxylic acids is 1. The number of ether oxygens (including phenoxy) is 2. The predicted molar refractivity (Wildman–Crippen MR) is 208 cm³/mol. The van der Waals surface area contributed by atoms with Gasteiger partial charge in [-0.3, -0.25) is 14.4 Å². The van der Waals surface area contributed by atoms with E-state index in [1.165, 1.54) is 18.5 Å². The molecule has 0 saturated carbocycles. The van der Waals surface area contributed by atoms with Gasteiger partial charge in [0, 0.05) is 74.3 Å². The number of benzene rings is 3. The second-order valence-corrected chi connectivity index (χ2v) is 13.8. The minimum atomic E-state index is -0.642. The van der Waals surface area contributed by atoms with Crippen molar-refractivity contribution in [3.05, 3.63) is 109 Å². The molecular formula is C40H49F2N9O4. The van der Waals surface area contributed by atoms with E-state index in [2.05, 4.69) is 55.8 Å². The molecule has 15 heteroatoms. The molecule has 4 aromatic rings.